The molecule has 1 saturated heterocycles. The molecule has 1 fully saturated rings. The molecule has 0 spiro atoms. The molecular formula is C25H24N6O. The number of morpholine rings is 1. The molecule has 0 saturated carbocycles. The Hall–Kier alpha value is -3.71. The summed E-state index contributed by atoms with van der Waals surface area (Å²) in [4.78, 5) is 15.9. The molecule has 1 N–H and O–H groups in total. The summed E-state index contributed by atoms with van der Waals surface area (Å²) in [5.41, 5.74) is 5.03. The molecule has 0 bridgehead atoms. The van der Waals surface area contributed by atoms with Crippen LogP contribution in [0.2, 0.25) is 0 Å². The fourth-order valence-corrected chi connectivity index (χ4v) is 4.51. The maximum Gasteiger partial charge on any atom is 0.162 e. The molecule has 160 valence electrons. The summed E-state index contributed by atoms with van der Waals surface area (Å²) in [7, 11) is 0. The second-order valence-electron chi connectivity index (χ2n) is 8.37. The average molecular weight is 425 g/mol. The third kappa shape index (κ3) is 3.05. The van der Waals surface area contributed by atoms with Gasteiger partial charge in [-0.15, -0.1) is 0 Å². The number of rotatable bonds is 3. The normalized spacial score (nSPS) is 16.8. The Morgan fingerprint density at radius 3 is 2.81 bits per heavy atom. The zero-order valence-corrected chi connectivity index (χ0v) is 18.1. The van der Waals surface area contributed by atoms with Crippen molar-refractivity contribution in [2.24, 2.45) is 0 Å². The van der Waals surface area contributed by atoms with Gasteiger partial charge < -0.3 is 14.6 Å². The summed E-state index contributed by atoms with van der Waals surface area (Å²) >= 11 is 0. The fourth-order valence-electron chi connectivity index (χ4n) is 4.51. The van der Waals surface area contributed by atoms with Crippen LogP contribution in [-0.4, -0.2) is 50.5 Å². The first-order chi connectivity index (χ1) is 15.7. The highest BCUT2D eigenvalue weighted by atomic mass is 16.5. The molecule has 7 nitrogen and oxygen atoms in total. The zero-order valence-electron chi connectivity index (χ0n) is 18.1. The van der Waals surface area contributed by atoms with Crippen LogP contribution in [-0.2, 0) is 4.74 Å². The molecule has 1 aliphatic rings. The number of nitrogens with one attached hydrogen (secondary N) is 1. The number of hydrogen-bond donors (Lipinski definition) is 1. The third-order valence-corrected chi connectivity index (χ3v) is 6.12. The topological polar surface area (TPSA) is 71.9 Å². The van der Waals surface area contributed by atoms with Gasteiger partial charge in [-0.05, 0) is 43.7 Å². The van der Waals surface area contributed by atoms with Crippen molar-refractivity contribution >= 4 is 27.6 Å². The van der Waals surface area contributed by atoms with Crippen molar-refractivity contribution in [3.8, 4) is 17.1 Å². The van der Waals surface area contributed by atoms with Gasteiger partial charge in [-0.3, -0.25) is 0 Å². The van der Waals surface area contributed by atoms with Crippen LogP contribution in [0.5, 0.6) is 0 Å². The monoisotopic (exact) mass is 424 g/mol. The number of benzene rings is 2. The zero-order chi connectivity index (χ0) is 21.7. The smallest absolute Gasteiger partial charge is 0.162 e. The molecule has 0 radical (unpaired) electrons. The molecule has 5 aromatic rings. The second-order valence-corrected chi connectivity index (χ2v) is 8.37. The van der Waals surface area contributed by atoms with Gasteiger partial charge in [0.15, 0.2) is 5.82 Å². The standard InChI is InChI=1S/C25H24N6O/c1-16-13-27-31(14-16)22-8-4-6-20-23(22)28-24(19-5-3-7-21-18(19)9-10-26-21)29-25(20)30-11-12-32-15-17(30)2/h3-10,13-14,17,26H,11-12,15H2,1-2H3/t17-/m1/s1. The van der Waals surface area contributed by atoms with Gasteiger partial charge >= 0.3 is 0 Å². The molecule has 0 aliphatic carbocycles. The van der Waals surface area contributed by atoms with E-state index < -0.39 is 0 Å². The first-order valence-corrected chi connectivity index (χ1v) is 10.9. The number of ether oxygens (including phenoxy) is 1. The molecule has 7 heteroatoms. The number of aromatic nitrogens is 5. The van der Waals surface area contributed by atoms with Gasteiger partial charge in [0.05, 0.1) is 31.1 Å². The lowest BCUT2D eigenvalue weighted by Gasteiger charge is -2.35. The van der Waals surface area contributed by atoms with Gasteiger partial charge in [0.1, 0.15) is 11.3 Å². The number of para-hydroxylation sites is 1. The van der Waals surface area contributed by atoms with E-state index in [4.69, 9.17) is 14.7 Å². The Kier molecular flexibility index (Phi) is 4.43. The van der Waals surface area contributed by atoms with Crippen molar-refractivity contribution in [1.82, 2.24) is 24.7 Å². The molecule has 1 aliphatic heterocycles. The van der Waals surface area contributed by atoms with Gasteiger partial charge in [-0.1, -0.05) is 18.2 Å². The molecule has 0 unspecified atom stereocenters. The van der Waals surface area contributed by atoms with Gasteiger partial charge in [0.25, 0.3) is 0 Å². The number of aromatic amines is 1. The Morgan fingerprint density at radius 1 is 1.06 bits per heavy atom. The molecule has 6 rings (SSSR count). The minimum absolute atomic E-state index is 0.230. The van der Waals surface area contributed by atoms with Crippen LogP contribution < -0.4 is 4.90 Å². The Morgan fingerprint density at radius 2 is 1.97 bits per heavy atom. The van der Waals surface area contributed by atoms with Crippen LogP contribution in [0.4, 0.5) is 5.82 Å². The lowest BCUT2D eigenvalue weighted by Crippen LogP contribution is -2.44. The van der Waals surface area contributed by atoms with E-state index >= 15 is 0 Å². The Balaban J connectivity index is 1.66. The minimum atomic E-state index is 0.230. The quantitative estimate of drug-likeness (QED) is 0.462. The van der Waals surface area contributed by atoms with Gasteiger partial charge in [-0.2, -0.15) is 5.10 Å². The predicted molar refractivity (Wildman–Crippen MR) is 126 cm³/mol. The van der Waals surface area contributed by atoms with Crippen LogP contribution in [0.1, 0.15) is 12.5 Å². The summed E-state index contributed by atoms with van der Waals surface area (Å²) in [6.07, 6.45) is 5.85. The van der Waals surface area contributed by atoms with Crippen molar-refractivity contribution in [3.05, 3.63) is 66.6 Å². The van der Waals surface area contributed by atoms with Crippen LogP contribution in [0.15, 0.2) is 61.1 Å². The van der Waals surface area contributed by atoms with Crippen molar-refractivity contribution in [2.45, 2.75) is 19.9 Å². The molecular weight excluding hydrogens is 400 g/mol. The number of aryl methyl sites for hydroxylation is 1. The molecule has 4 heterocycles. The van der Waals surface area contributed by atoms with E-state index in [0.29, 0.717) is 19.0 Å². The van der Waals surface area contributed by atoms with Crippen molar-refractivity contribution in [2.75, 3.05) is 24.7 Å². The number of H-pyrrole nitrogens is 1. The number of nitrogens with zero attached hydrogens (tertiary/aromatic N) is 5. The Labute approximate surface area is 185 Å². The van der Waals surface area contributed by atoms with Crippen molar-refractivity contribution in [3.63, 3.8) is 0 Å². The Bertz CT molecular complexity index is 1440. The average Bonchev–Trinajstić information content (AvgIpc) is 3.47. The van der Waals surface area contributed by atoms with E-state index in [0.717, 1.165) is 51.0 Å². The summed E-state index contributed by atoms with van der Waals surface area (Å²) in [5, 5.41) is 6.69. The molecule has 1 atom stereocenters. The van der Waals surface area contributed by atoms with Gasteiger partial charge in [0.2, 0.25) is 0 Å². The van der Waals surface area contributed by atoms with Crippen LogP contribution in [0.3, 0.4) is 0 Å². The number of fused-ring (bicyclic) bond motifs is 2. The van der Waals surface area contributed by atoms with Crippen LogP contribution in [0.25, 0.3) is 38.9 Å². The summed E-state index contributed by atoms with van der Waals surface area (Å²) in [6.45, 7) is 6.40. The molecule has 0 amide bonds. The van der Waals surface area contributed by atoms with Gasteiger partial charge in [0, 0.05) is 40.8 Å². The predicted octanol–water partition coefficient (Wildman–Crippen LogP) is 4.50. The SMILES string of the molecule is Cc1cnn(-c2cccc3c(N4CCOC[C@H]4C)nc(-c4cccc5[nH]ccc45)nc23)c1. The largest absolute Gasteiger partial charge is 0.377 e. The summed E-state index contributed by atoms with van der Waals surface area (Å²) in [6, 6.07) is 14.7. The van der Waals surface area contributed by atoms with E-state index in [9.17, 15) is 0 Å². The number of anilines is 1. The highest BCUT2D eigenvalue weighted by molar-refractivity contribution is 5.99. The van der Waals surface area contributed by atoms with E-state index in [1.54, 1.807) is 0 Å². The molecule has 32 heavy (non-hydrogen) atoms. The molecule has 2 aromatic carbocycles. The third-order valence-electron chi connectivity index (χ3n) is 6.12. The maximum absolute atomic E-state index is 5.70. The van der Waals surface area contributed by atoms with Crippen LogP contribution in [0, 0.1) is 6.92 Å². The fraction of sp³-hybridized carbons (Fsp3) is 0.240. The van der Waals surface area contributed by atoms with E-state index in [1.165, 1.54) is 0 Å². The lowest BCUT2D eigenvalue weighted by atomic mass is 10.1. The lowest BCUT2D eigenvalue weighted by molar-refractivity contribution is 0.0987. The van der Waals surface area contributed by atoms with Crippen LogP contribution >= 0.6 is 0 Å². The van der Waals surface area contributed by atoms with Crippen molar-refractivity contribution < 1.29 is 4.74 Å². The van der Waals surface area contributed by atoms with E-state index in [-0.39, 0.29) is 6.04 Å². The first-order valence-electron chi connectivity index (χ1n) is 10.9. The highest BCUT2D eigenvalue weighted by Gasteiger charge is 2.25. The maximum atomic E-state index is 5.70. The highest BCUT2D eigenvalue weighted by Crippen LogP contribution is 2.34. The van der Waals surface area contributed by atoms with E-state index in [2.05, 4.69) is 58.3 Å². The first kappa shape index (κ1) is 19.0. The number of hydrogen-bond acceptors (Lipinski definition) is 5. The minimum Gasteiger partial charge on any atom is -0.377 e. The van der Waals surface area contributed by atoms with E-state index in [1.807, 2.05) is 36.3 Å². The summed E-state index contributed by atoms with van der Waals surface area (Å²) in [5.74, 6) is 1.66. The second kappa shape index (κ2) is 7.46. The summed E-state index contributed by atoms with van der Waals surface area (Å²) < 4.78 is 7.60. The van der Waals surface area contributed by atoms with Crippen molar-refractivity contribution in [1.29, 1.82) is 0 Å². The van der Waals surface area contributed by atoms with Gasteiger partial charge in [-0.25, -0.2) is 14.6 Å². The molecule has 3 aromatic heterocycles.